The van der Waals surface area contributed by atoms with Crippen molar-refractivity contribution >= 4 is 18.2 Å². The average molecular weight is 533 g/mol. The number of aldehydes is 1. The number of hydrogen-bond acceptors (Lipinski definition) is 6. The van der Waals surface area contributed by atoms with Crippen LogP contribution in [-0.2, 0) is 9.59 Å². The van der Waals surface area contributed by atoms with Crippen LogP contribution in [0.5, 0.6) is 0 Å². The van der Waals surface area contributed by atoms with E-state index in [0.29, 0.717) is 18.7 Å². The summed E-state index contributed by atoms with van der Waals surface area (Å²) in [4.78, 5) is 40.8. The van der Waals surface area contributed by atoms with Crippen molar-refractivity contribution in [3.05, 3.63) is 21.9 Å². The standard InChI is InChI=1S/C21H34IN4O4/c1-15(16-7-5-4-6-8-16)25(3)20(30)26-19(29)18(21(26,13-27)14-28)22-17(9-11-23)10-12-24-2/h9-10,12-13,15-16,18,24,28H,4-8,11,14,23H2,1-3H3/q-1/b12-10-,17-9+/t15-,18+,21?/m1/s1. The molecule has 1 saturated heterocycles. The third kappa shape index (κ3) is 4.88. The summed E-state index contributed by atoms with van der Waals surface area (Å²) in [5, 5.41) is 13.0. The number of urea groups is 1. The molecule has 2 rings (SSSR count). The van der Waals surface area contributed by atoms with Crippen molar-refractivity contribution in [3.63, 3.8) is 0 Å². The van der Waals surface area contributed by atoms with Gasteiger partial charge in [0.2, 0.25) is 0 Å². The second-order valence-corrected chi connectivity index (χ2v) is 11.0. The van der Waals surface area contributed by atoms with E-state index in [1.165, 1.54) is 6.42 Å². The van der Waals surface area contributed by atoms with Crippen molar-refractivity contribution in [2.75, 3.05) is 27.2 Å². The number of rotatable bonds is 9. The van der Waals surface area contributed by atoms with Gasteiger partial charge in [-0.2, -0.15) is 0 Å². The Balaban J connectivity index is 2.20. The van der Waals surface area contributed by atoms with E-state index in [1.807, 2.05) is 19.1 Å². The van der Waals surface area contributed by atoms with E-state index in [9.17, 15) is 19.5 Å². The molecule has 2 fully saturated rings. The summed E-state index contributed by atoms with van der Waals surface area (Å²) >= 11 is -0.979. The molecule has 0 aromatic carbocycles. The maximum absolute atomic E-state index is 13.2. The zero-order chi connectivity index (χ0) is 22.3. The van der Waals surface area contributed by atoms with Gasteiger partial charge >= 0.3 is 189 Å². The predicted molar refractivity (Wildman–Crippen MR) is 111 cm³/mol. The van der Waals surface area contributed by atoms with Crippen molar-refractivity contribution in [2.45, 2.75) is 54.5 Å². The van der Waals surface area contributed by atoms with Crippen molar-refractivity contribution < 1.29 is 40.7 Å². The van der Waals surface area contributed by atoms with Crippen LogP contribution in [-0.4, -0.2) is 75.9 Å². The molecular formula is C21H34IN4O4-. The number of nitrogens with one attached hydrogen (secondary N) is 1. The molecule has 0 radical (unpaired) electrons. The monoisotopic (exact) mass is 533 g/mol. The second-order valence-electron chi connectivity index (χ2n) is 7.89. The summed E-state index contributed by atoms with van der Waals surface area (Å²) in [7, 11) is 3.44. The molecule has 1 aliphatic heterocycles. The van der Waals surface area contributed by atoms with Crippen LogP contribution in [0.1, 0.15) is 39.0 Å². The molecule has 4 N–H and O–H groups in total. The van der Waals surface area contributed by atoms with Crippen LogP contribution in [0.15, 0.2) is 21.9 Å². The molecule has 2 aliphatic rings. The van der Waals surface area contributed by atoms with Crippen molar-refractivity contribution in [1.82, 2.24) is 15.1 Å². The van der Waals surface area contributed by atoms with Gasteiger partial charge in [-0.3, -0.25) is 0 Å². The summed E-state index contributed by atoms with van der Waals surface area (Å²) in [5.74, 6) is -0.00440. The number of nitrogens with two attached hydrogens (primary N) is 1. The van der Waals surface area contributed by atoms with E-state index in [-0.39, 0.29) is 6.04 Å². The number of imide groups is 1. The minimum absolute atomic E-state index is 0.0337. The van der Waals surface area contributed by atoms with Gasteiger partial charge in [-0.1, -0.05) is 0 Å². The van der Waals surface area contributed by atoms with Crippen LogP contribution in [0.3, 0.4) is 0 Å². The Morgan fingerprint density at radius 3 is 2.63 bits per heavy atom. The molecule has 1 heterocycles. The molecule has 0 spiro atoms. The Kier molecular flexibility index (Phi) is 9.30. The van der Waals surface area contributed by atoms with E-state index in [0.717, 1.165) is 34.2 Å². The van der Waals surface area contributed by atoms with Gasteiger partial charge < -0.3 is 0 Å². The third-order valence-corrected chi connectivity index (χ3v) is 9.90. The zero-order valence-electron chi connectivity index (χ0n) is 18.0. The predicted octanol–water partition coefficient (Wildman–Crippen LogP) is -2.19. The van der Waals surface area contributed by atoms with E-state index in [1.54, 1.807) is 25.2 Å². The van der Waals surface area contributed by atoms with Gasteiger partial charge in [-0.05, 0) is 0 Å². The Labute approximate surface area is 189 Å². The first kappa shape index (κ1) is 24.8. The Bertz CT molecular complexity index is 692. The molecule has 0 bridgehead atoms. The normalized spacial score (nSPS) is 26.6. The number of carbonyl (C=O) groups is 3. The second kappa shape index (κ2) is 11.2. The molecule has 8 nitrogen and oxygen atoms in total. The average Bonchev–Trinajstić information content (AvgIpc) is 2.78. The number of β-lactam (4-membered cyclic amide) rings is 1. The number of likely N-dealkylation sites (tertiary alicyclic amines) is 1. The van der Waals surface area contributed by atoms with Gasteiger partial charge in [0, 0.05) is 0 Å². The molecular weight excluding hydrogens is 499 g/mol. The van der Waals surface area contributed by atoms with Gasteiger partial charge in [-0.25, -0.2) is 0 Å². The minimum atomic E-state index is -1.50. The molecule has 3 atom stereocenters. The molecule has 3 amide bonds. The quantitative estimate of drug-likeness (QED) is 0.102. The van der Waals surface area contributed by atoms with Gasteiger partial charge in [0.1, 0.15) is 0 Å². The third-order valence-electron chi connectivity index (χ3n) is 6.14. The molecule has 30 heavy (non-hydrogen) atoms. The SMILES string of the molecule is CN/C=C\C(=C/CN)[I-][C@H]1C(=O)N(C(=O)N(C)[C@H](C)C2CCCCC2)C1(C=O)CO. The van der Waals surface area contributed by atoms with Crippen LogP contribution in [0.25, 0.3) is 0 Å². The maximum atomic E-state index is 13.2. The van der Waals surface area contributed by atoms with Crippen molar-refractivity contribution in [2.24, 2.45) is 11.7 Å². The van der Waals surface area contributed by atoms with Crippen LogP contribution in [0.2, 0.25) is 0 Å². The Morgan fingerprint density at radius 1 is 1.43 bits per heavy atom. The molecule has 1 saturated carbocycles. The first-order chi connectivity index (χ1) is 14.4. The first-order valence-corrected chi connectivity index (χ1v) is 12.8. The fourth-order valence-electron chi connectivity index (χ4n) is 4.11. The summed E-state index contributed by atoms with van der Waals surface area (Å²) in [5.41, 5.74) is 4.14. The van der Waals surface area contributed by atoms with Gasteiger partial charge in [0.25, 0.3) is 0 Å². The number of halogens is 1. The van der Waals surface area contributed by atoms with Gasteiger partial charge in [0.15, 0.2) is 0 Å². The fraction of sp³-hybridized carbons (Fsp3) is 0.667. The van der Waals surface area contributed by atoms with E-state index in [2.05, 4.69) is 5.32 Å². The number of nitrogens with zero attached hydrogens (tertiary/aromatic N) is 2. The number of aliphatic hydroxyl groups is 1. The number of amides is 3. The van der Waals surface area contributed by atoms with Crippen LogP contribution in [0.4, 0.5) is 4.79 Å². The molecule has 170 valence electrons. The fourth-order valence-corrected chi connectivity index (χ4v) is 7.43. The van der Waals surface area contributed by atoms with E-state index >= 15 is 0 Å². The Morgan fingerprint density at radius 2 is 2.10 bits per heavy atom. The van der Waals surface area contributed by atoms with Crippen LogP contribution >= 0.6 is 0 Å². The number of allylic oxidation sites excluding steroid dienone is 2. The van der Waals surface area contributed by atoms with Gasteiger partial charge in [0.05, 0.1) is 0 Å². The summed E-state index contributed by atoms with van der Waals surface area (Å²) in [6, 6.07) is -0.539. The summed E-state index contributed by atoms with van der Waals surface area (Å²) < 4.78 is 0.181. The molecule has 0 aromatic rings. The summed E-state index contributed by atoms with van der Waals surface area (Å²) in [6.45, 7) is 1.73. The number of alkyl halides is 1. The van der Waals surface area contributed by atoms with Crippen LogP contribution in [0, 0.1) is 5.92 Å². The van der Waals surface area contributed by atoms with E-state index < -0.39 is 49.2 Å². The molecule has 9 heteroatoms. The van der Waals surface area contributed by atoms with E-state index in [4.69, 9.17) is 5.73 Å². The van der Waals surface area contributed by atoms with Crippen molar-refractivity contribution in [1.29, 1.82) is 0 Å². The zero-order valence-corrected chi connectivity index (χ0v) is 20.2. The molecule has 1 unspecified atom stereocenters. The van der Waals surface area contributed by atoms with Crippen molar-refractivity contribution in [3.8, 4) is 0 Å². The Hall–Kier alpha value is -1.46. The molecule has 0 aromatic heterocycles. The number of hydrogen-bond donors (Lipinski definition) is 3. The first-order valence-electron chi connectivity index (χ1n) is 10.4. The number of aliphatic hydroxyl groups excluding tert-OH is 1. The van der Waals surface area contributed by atoms with Crippen LogP contribution < -0.4 is 32.3 Å². The topological polar surface area (TPSA) is 116 Å². The molecule has 1 aliphatic carbocycles. The van der Waals surface area contributed by atoms with Gasteiger partial charge in [-0.15, -0.1) is 0 Å². The summed E-state index contributed by atoms with van der Waals surface area (Å²) in [6.07, 6.45) is 11.6. The number of carbonyl (C=O) groups excluding carboxylic acids is 3.